The van der Waals surface area contributed by atoms with Crippen LogP contribution in [-0.2, 0) is 4.79 Å². The molecule has 0 aliphatic heterocycles. The van der Waals surface area contributed by atoms with Gasteiger partial charge in [-0.25, -0.2) is 4.79 Å². The predicted molar refractivity (Wildman–Crippen MR) is 115 cm³/mol. The summed E-state index contributed by atoms with van der Waals surface area (Å²) in [7, 11) is 0. The van der Waals surface area contributed by atoms with Crippen LogP contribution in [0, 0.1) is 6.92 Å². The second-order valence-corrected chi connectivity index (χ2v) is 6.55. The largest absolute Gasteiger partial charge is 0.481 e. The van der Waals surface area contributed by atoms with Crippen LogP contribution in [0.15, 0.2) is 78.9 Å². The number of urea groups is 1. The summed E-state index contributed by atoms with van der Waals surface area (Å²) in [5, 5.41) is 8.30. The Bertz CT molecular complexity index is 972. The molecule has 3 amide bonds. The molecule has 0 radical (unpaired) electrons. The molecule has 6 nitrogen and oxygen atoms in total. The van der Waals surface area contributed by atoms with Gasteiger partial charge in [-0.05, 0) is 50.2 Å². The van der Waals surface area contributed by atoms with Crippen LogP contribution in [0.25, 0.3) is 0 Å². The fourth-order valence-corrected chi connectivity index (χ4v) is 2.62. The van der Waals surface area contributed by atoms with Crippen LogP contribution in [0.1, 0.15) is 12.5 Å². The van der Waals surface area contributed by atoms with Crippen LogP contribution in [0.5, 0.6) is 5.75 Å². The highest BCUT2D eigenvalue weighted by Crippen LogP contribution is 2.22. The number of carbonyl (C=O) groups is 2. The first-order chi connectivity index (χ1) is 14.0. The van der Waals surface area contributed by atoms with Crippen LogP contribution in [0.2, 0.25) is 0 Å². The lowest BCUT2D eigenvalue weighted by Gasteiger charge is -2.17. The number of amides is 3. The van der Waals surface area contributed by atoms with Crippen LogP contribution in [0.3, 0.4) is 0 Å². The van der Waals surface area contributed by atoms with Gasteiger partial charge in [0.1, 0.15) is 5.75 Å². The molecule has 0 saturated carbocycles. The molecule has 0 unspecified atom stereocenters. The summed E-state index contributed by atoms with van der Waals surface area (Å²) in [5.41, 5.74) is 2.76. The van der Waals surface area contributed by atoms with Crippen molar-refractivity contribution in [1.29, 1.82) is 0 Å². The summed E-state index contributed by atoms with van der Waals surface area (Å²) in [4.78, 5) is 24.8. The van der Waals surface area contributed by atoms with Crippen molar-refractivity contribution >= 4 is 29.0 Å². The molecule has 3 rings (SSSR count). The van der Waals surface area contributed by atoms with E-state index in [2.05, 4.69) is 16.0 Å². The number of ether oxygens (including phenoxy) is 1. The standard InChI is InChI=1S/C23H23N3O3/c1-16-12-14-19(15-13-16)29-17(2)22(27)25-20-10-6-7-11-21(20)26-23(28)24-18-8-4-3-5-9-18/h3-15,17H,1-2H3,(H,25,27)(H2,24,26,28)/t17-/m1/s1. The first kappa shape index (κ1) is 19.9. The number of carbonyl (C=O) groups excluding carboxylic acids is 2. The molecular formula is C23H23N3O3. The second kappa shape index (κ2) is 9.41. The van der Waals surface area contributed by atoms with E-state index < -0.39 is 12.1 Å². The minimum Gasteiger partial charge on any atom is -0.481 e. The number of anilines is 3. The molecule has 0 saturated heterocycles. The Balaban J connectivity index is 1.62. The van der Waals surface area contributed by atoms with Crippen molar-refractivity contribution in [3.63, 3.8) is 0 Å². The number of nitrogens with one attached hydrogen (secondary N) is 3. The van der Waals surface area contributed by atoms with Crippen LogP contribution in [0.4, 0.5) is 21.9 Å². The van der Waals surface area contributed by atoms with Gasteiger partial charge in [-0.1, -0.05) is 48.0 Å². The highest BCUT2D eigenvalue weighted by molar-refractivity contribution is 6.04. The molecule has 6 heteroatoms. The molecule has 3 N–H and O–H groups in total. The third-order valence-electron chi connectivity index (χ3n) is 4.17. The van der Waals surface area contributed by atoms with Gasteiger partial charge in [0.2, 0.25) is 0 Å². The third-order valence-corrected chi connectivity index (χ3v) is 4.17. The maximum absolute atomic E-state index is 12.5. The molecule has 0 spiro atoms. The van der Waals surface area contributed by atoms with Crippen molar-refractivity contribution in [1.82, 2.24) is 0 Å². The Morgan fingerprint density at radius 2 is 1.34 bits per heavy atom. The molecule has 0 fully saturated rings. The molecule has 0 aliphatic carbocycles. The number of aryl methyl sites for hydroxylation is 1. The molecule has 29 heavy (non-hydrogen) atoms. The van der Waals surface area contributed by atoms with Gasteiger partial charge in [0.25, 0.3) is 5.91 Å². The van der Waals surface area contributed by atoms with E-state index in [4.69, 9.17) is 4.74 Å². The van der Waals surface area contributed by atoms with Crippen molar-refractivity contribution < 1.29 is 14.3 Å². The van der Waals surface area contributed by atoms with Crippen molar-refractivity contribution in [3.05, 3.63) is 84.4 Å². The molecule has 148 valence electrons. The minimum absolute atomic E-state index is 0.316. The van der Waals surface area contributed by atoms with E-state index >= 15 is 0 Å². The average Bonchev–Trinajstić information content (AvgIpc) is 2.72. The number of hydrogen-bond acceptors (Lipinski definition) is 3. The Hall–Kier alpha value is -3.80. The Morgan fingerprint density at radius 3 is 2.00 bits per heavy atom. The molecule has 1 atom stereocenters. The van der Waals surface area contributed by atoms with Gasteiger partial charge in [-0.2, -0.15) is 0 Å². The quantitative estimate of drug-likeness (QED) is 0.552. The van der Waals surface area contributed by atoms with Crippen molar-refractivity contribution in [3.8, 4) is 5.75 Å². The van der Waals surface area contributed by atoms with Crippen LogP contribution in [-0.4, -0.2) is 18.0 Å². The Labute approximate surface area is 169 Å². The van der Waals surface area contributed by atoms with Crippen LogP contribution >= 0.6 is 0 Å². The zero-order valence-electron chi connectivity index (χ0n) is 16.3. The number of hydrogen-bond donors (Lipinski definition) is 3. The Kier molecular flexibility index (Phi) is 6.47. The summed E-state index contributed by atoms with van der Waals surface area (Å²) in [5.74, 6) is 0.301. The number of benzene rings is 3. The second-order valence-electron chi connectivity index (χ2n) is 6.55. The van der Waals surface area contributed by atoms with E-state index in [1.807, 2.05) is 49.4 Å². The van der Waals surface area contributed by atoms with E-state index in [0.717, 1.165) is 5.56 Å². The SMILES string of the molecule is Cc1ccc(O[C@H](C)C(=O)Nc2ccccc2NC(=O)Nc2ccccc2)cc1. The molecular weight excluding hydrogens is 366 g/mol. The van der Waals surface area contributed by atoms with Gasteiger partial charge in [0, 0.05) is 5.69 Å². The van der Waals surface area contributed by atoms with Gasteiger partial charge < -0.3 is 20.7 Å². The zero-order valence-corrected chi connectivity index (χ0v) is 16.3. The van der Waals surface area contributed by atoms with E-state index in [1.54, 1.807) is 43.3 Å². The summed E-state index contributed by atoms with van der Waals surface area (Å²) < 4.78 is 5.69. The maximum Gasteiger partial charge on any atom is 0.323 e. The van der Waals surface area contributed by atoms with Gasteiger partial charge in [0.15, 0.2) is 6.10 Å². The fourth-order valence-electron chi connectivity index (χ4n) is 2.62. The molecule has 0 heterocycles. The third kappa shape index (κ3) is 5.84. The molecule has 0 bridgehead atoms. The summed E-state index contributed by atoms with van der Waals surface area (Å²) in [6, 6.07) is 23.2. The number of para-hydroxylation sites is 3. The predicted octanol–water partition coefficient (Wildman–Crippen LogP) is 5.05. The monoisotopic (exact) mass is 389 g/mol. The summed E-state index contributed by atoms with van der Waals surface area (Å²) in [6.07, 6.45) is -0.705. The zero-order chi connectivity index (χ0) is 20.6. The Morgan fingerprint density at radius 1 is 0.759 bits per heavy atom. The van der Waals surface area contributed by atoms with E-state index in [-0.39, 0.29) is 5.91 Å². The van der Waals surface area contributed by atoms with Crippen LogP contribution < -0.4 is 20.7 Å². The van der Waals surface area contributed by atoms with E-state index in [9.17, 15) is 9.59 Å². The highest BCUT2D eigenvalue weighted by Gasteiger charge is 2.17. The first-order valence-electron chi connectivity index (χ1n) is 9.27. The fraction of sp³-hybridized carbons (Fsp3) is 0.130. The number of rotatable bonds is 6. The molecule has 3 aromatic rings. The van der Waals surface area contributed by atoms with Gasteiger partial charge in [-0.15, -0.1) is 0 Å². The summed E-state index contributed by atoms with van der Waals surface area (Å²) in [6.45, 7) is 3.66. The molecule has 0 aromatic heterocycles. The molecule has 0 aliphatic rings. The van der Waals surface area contributed by atoms with Crippen molar-refractivity contribution in [2.45, 2.75) is 20.0 Å². The lowest BCUT2D eigenvalue weighted by molar-refractivity contribution is -0.122. The molecule has 3 aromatic carbocycles. The van der Waals surface area contributed by atoms with E-state index in [1.165, 1.54) is 0 Å². The smallest absolute Gasteiger partial charge is 0.323 e. The maximum atomic E-state index is 12.5. The lowest BCUT2D eigenvalue weighted by Crippen LogP contribution is -2.30. The van der Waals surface area contributed by atoms with Gasteiger partial charge in [-0.3, -0.25) is 4.79 Å². The first-order valence-corrected chi connectivity index (χ1v) is 9.27. The summed E-state index contributed by atoms with van der Waals surface area (Å²) >= 11 is 0. The highest BCUT2D eigenvalue weighted by atomic mass is 16.5. The normalized spacial score (nSPS) is 11.2. The average molecular weight is 389 g/mol. The topological polar surface area (TPSA) is 79.5 Å². The van der Waals surface area contributed by atoms with Crippen molar-refractivity contribution in [2.75, 3.05) is 16.0 Å². The minimum atomic E-state index is -0.705. The van der Waals surface area contributed by atoms with E-state index in [0.29, 0.717) is 22.8 Å². The lowest BCUT2D eigenvalue weighted by atomic mass is 10.2. The van der Waals surface area contributed by atoms with Crippen molar-refractivity contribution in [2.24, 2.45) is 0 Å². The van der Waals surface area contributed by atoms with Gasteiger partial charge in [0.05, 0.1) is 11.4 Å². The van der Waals surface area contributed by atoms with Gasteiger partial charge >= 0.3 is 6.03 Å².